The summed E-state index contributed by atoms with van der Waals surface area (Å²) >= 11 is 0. The molecule has 0 aliphatic carbocycles. The number of nitrogens with zero attached hydrogens (tertiary/aromatic N) is 2. The molecule has 1 fully saturated rings. The van der Waals surface area contributed by atoms with Crippen LogP contribution in [0.1, 0.15) is 13.2 Å². The summed E-state index contributed by atoms with van der Waals surface area (Å²) < 4.78 is 58.5. The topological polar surface area (TPSA) is 175 Å². The number of aliphatic hydroxyl groups is 1. The largest absolute Gasteiger partial charge is 0.480 e. The van der Waals surface area contributed by atoms with Crippen molar-refractivity contribution in [3.63, 3.8) is 0 Å². The Balaban J connectivity index is 1.80. The SMILES string of the molecule is CC(NP(=O)(OC[C@H]1OC(n2ccc(N)nc2=O)C(F)(F)[C@@H]1O)Oc1ccccc1)C(=O)O. The molecule has 0 saturated carbocycles. The molecule has 33 heavy (non-hydrogen) atoms. The third-order valence-corrected chi connectivity index (χ3v) is 6.23. The zero-order chi connectivity index (χ0) is 24.4. The van der Waals surface area contributed by atoms with E-state index in [9.17, 15) is 28.0 Å². The number of anilines is 1. The number of nitrogen functional groups attached to an aromatic ring is 1. The lowest BCUT2D eigenvalue weighted by molar-refractivity contribution is -0.141. The van der Waals surface area contributed by atoms with Crippen LogP contribution in [-0.4, -0.2) is 56.5 Å². The van der Waals surface area contributed by atoms with Crippen molar-refractivity contribution >= 4 is 19.5 Å². The van der Waals surface area contributed by atoms with E-state index in [2.05, 4.69) is 10.1 Å². The van der Waals surface area contributed by atoms with Crippen molar-refractivity contribution in [3.05, 3.63) is 53.1 Å². The van der Waals surface area contributed by atoms with Crippen molar-refractivity contribution in [3.8, 4) is 5.75 Å². The molecular weight excluding hydrogens is 469 g/mol. The second-order valence-corrected chi connectivity index (χ2v) is 8.77. The molecule has 3 rings (SSSR count). The van der Waals surface area contributed by atoms with E-state index < -0.39 is 56.4 Å². The number of benzene rings is 1. The Kier molecular flexibility index (Phi) is 7.14. The zero-order valence-electron chi connectivity index (χ0n) is 17.1. The van der Waals surface area contributed by atoms with Crippen LogP contribution < -0.4 is 21.0 Å². The highest BCUT2D eigenvalue weighted by atomic mass is 31.2. The minimum atomic E-state index is -4.44. The fourth-order valence-electron chi connectivity index (χ4n) is 2.88. The van der Waals surface area contributed by atoms with Gasteiger partial charge in [-0.1, -0.05) is 18.2 Å². The van der Waals surface area contributed by atoms with Gasteiger partial charge in [-0.05, 0) is 25.1 Å². The number of halogens is 2. The predicted molar refractivity (Wildman–Crippen MR) is 109 cm³/mol. The minimum Gasteiger partial charge on any atom is -0.480 e. The molecule has 0 spiro atoms. The van der Waals surface area contributed by atoms with E-state index in [1.165, 1.54) is 12.1 Å². The van der Waals surface area contributed by atoms with Gasteiger partial charge in [0.25, 0.3) is 0 Å². The van der Waals surface area contributed by atoms with Crippen molar-refractivity contribution in [2.75, 3.05) is 12.3 Å². The lowest BCUT2D eigenvalue weighted by Gasteiger charge is -2.23. The number of aliphatic hydroxyl groups excluding tert-OH is 1. The molecular formula is C18H21F2N4O8P. The van der Waals surface area contributed by atoms with Crippen LogP contribution in [0.2, 0.25) is 0 Å². The van der Waals surface area contributed by atoms with Gasteiger partial charge in [0.2, 0.25) is 6.23 Å². The van der Waals surface area contributed by atoms with Gasteiger partial charge in [0.05, 0.1) is 6.61 Å². The van der Waals surface area contributed by atoms with Crippen molar-refractivity contribution in [2.45, 2.75) is 37.3 Å². The molecule has 1 aromatic carbocycles. The maximum absolute atomic E-state index is 14.7. The van der Waals surface area contributed by atoms with E-state index >= 15 is 0 Å². The number of nitrogens with two attached hydrogens (primary N) is 1. The third kappa shape index (κ3) is 5.54. The standard InChI is InChI=1S/C18H21F2N4O8P/c1-10(15(26)27)23-33(29,32-11-5-3-2-4-6-11)30-9-12-14(25)18(19,20)16(31-12)24-8-7-13(21)22-17(24)28/h2-8,10,12,14,16,25H,9H2,1H3,(H,23,29)(H,26,27)(H2,21,22,28)/t10?,12-,14-,16?,33?/m1/s1. The molecule has 5 N–H and O–H groups in total. The summed E-state index contributed by atoms with van der Waals surface area (Å²) in [6, 6.07) is 7.26. The average Bonchev–Trinajstić information content (AvgIpc) is 2.96. The van der Waals surface area contributed by atoms with Crippen molar-refractivity contribution in [1.82, 2.24) is 14.6 Å². The van der Waals surface area contributed by atoms with Crippen LogP contribution in [0.25, 0.3) is 0 Å². The normalized spacial score (nSPS) is 24.7. The maximum Gasteiger partial charge on any atom is 0.459 e. The Morgan fingerprint density at radius 3 is 2.67 bits per heavy atom. The molecule has 0 radical (unpaired) electrons. The Bertz CT molecular complexity index is 1100. The first-order valence-electron chi connectivity index (χ1n) is 9.49. The Labute approximate surface area is 185 Å². The summed E-state index contributed by atoms with van der Waals surface area (Å²) in [4.78, 5) is 26.5. The Hall–Kier alpha value is -2.90. The highest BCUT2D eigenvalue weighted by Crippen LogP contribution is 2.47. The van der Waals surface area contributed by atoms with Gasteiger partial charge >= 0.3 is 25.3 Å². The lowest BCUT2D eigenvalue weighted by Crippen LogP contribution is -2.42. The number of ether oxygens (including phenoxy) is 1. The van der Waals surface area contributed by atoms with Crippen molar-refractivity contribution in [2.24, 2.45) is 0 Å². The molecule has 2 heterocycles. The summed E-state index contributed by atoms with van der Waals surface area (Å²) in [7, 11) is -4.44. The molecule has 2 aromatic rings. The van der Waals surface area contributed by atoms with E-state index in [1.54, 1.807) is 18.2 Å². The van der Waals surface area contributed by atoms with Crippen LogP contribution in [0.15, 0.2) is 47.4 Å². The highest BCUT2D eigenvalue weighted by Gasteiger charge is 2.60. The van der Waals surface area contributed by atoms with Crippen LogP contribution >= 0.6 is 7.75 Å². The van der Waals surface area contributed by atoms with Gasteiger partial charge in [0.15, 0.2) is 6.10 Å². The summed E-state index contributed by atoms with van der Waals surface area (Å²) in [5, 5.41) is 21.4. The van der Waals surface area contributed by atoms with Gasteiger partial charge in [-0.3, -0.25) is 13.9 Å². The number of carbonyl (C=O) groups is 1. The molecule has 5 atom stereocenters. The lowest BCUT2D eigenvalue weighted by atomic mass is 10.1. The first-order valence-corrected chi connectivity index (χ1v) is 11.0. The molecule has 15 heteroatoms. The number of nitrogens with one attached hydrogen (secondary N) is 1. The number of para-hydroxylation sites is 1. The van der Waals surface area contributed by atoms with Crippen molar-refractivity contribution in [1.29, 1.82) is 0 Å². The van der Waals surface area contributed by atoms with Gasteiger partial charge < -0.3 is 25.2 Å². The van der Waals surface area contributed by atoms with E-state index in [-0.39, 0.29) is 11.6 Å². The monoisotopic (exact) mass is 490 g/mol. The van der Waals surface area contributed by atoms with Gasteiger partial charge in [0.1, 0.15) is 23.7 Å². The van der Waals surface area contributed by atoms with E-state index in [4.69, 9.17) is 24.6 Å². The molecule has 180 valence electrons. The van der Waals surface area contributed by atoms with Crippen molar-refractivity contribution < 1.29 is 42.1 Å². The molecule has 1 aliphatic heterocycles. The first kappa shape index (κ1) is 24.7. The number of hydrogen-bond acceptors (Lipinski definition) is 9. The summed E-state index contributed by atoms with van der Waals surface area (Å²) in [5.74, 6) is -5.49. The molecule has 1 aromatic heterocycles. The van der Waals surface area contributed by atoms with Gasteiger partial charge in [-0.2, -0.15) is 18.9 Å². The molecule has 1 aliphatic rings. The van der Waals surface area contributed by atoms with Crippen LogP contribution in [0.5, 0.6) is 5.75 Å². The highest BCUT2D eigenvalue weighted by molar-refractivity contribution is 7.52. The Morgan fingerprint density at radius 1 is 1.39 bits per heavy atom. The molecule has 0 amide bonds. The van der Waals surface area contributed by atoms with Crippen LogP contribution in [-0.2, 0) is 18.6 Å². The van der Waals surface area contributed by atoms with Gasteiger partial charge in [0, 0.05) is 6.20 Å². The summed E-state index contributed by atoms with van der Waals surface area (Å²) in [5.41, 5.74) is 4.22. The van der Waals surface area contributed by atoms with Gasteiger partial charge in [-0.15, -0.1) is 0 Å². The first-order chi connectivity index (χ1) is 15.4. The van der Waals surface area contributed by atoms with Crippen LogP contribution in [0.3, 0.4) is 0 Å². The van der Waals surface area contributed by atoms with Crippen LogP contribution in [0.4, 0.5) is 14.6 Å². The second-order valence-electron chi connectivity index (χ2n) is 7.08. The number of carboxylic acids is 1. The number of hydrogen-bond donors (Lipinski definition) is 4. The Morgan fingerprint density at radius 2 is 2.06 bits per heavy atom. The predicted octanol–water partition coefficient (Wildman–Crippen LogP) is 0.985. The maximum atomic E-state index is 14.7. The molecule has 0 bridgehead atoms. The number of carboxylic acid groups (broad SMARTS) is 1. The summed E-state index contributed by atoms with van der Waals surface area (Å²) in [6.07, 6.45) is -5.54. The fraction of sp³-hybridized carbons (Fsp3) is 0.389. The number of aliphatic carboxylic acids is 1. The number of alkyl halides is 2. The zero-order valence-corrected chi connectivity index (χ0v) is 18.0. The quantitative estimate of drug-likeness (QED) is 0.369. The summed E-state index contributed by atoms with van der Waals surface area (Å²) in [6.45, 7) is 0.270. The number of aromatic nitrogens is 2. The van der Waals surface area contributed by atoms with E-state index in [0.717, 1.165) is 19.2 Å². The van der Waals surface area contributed by atoms with E-state index in [0.29, 0.717) is 4.57 Å². The molecule has 12 nitrogen and oxygen atoms in total. The molecule has 1 saturated heterocycles. The minimum absolute atomic E-state index is 0.0431. The smallest absolute Gasteiger partial charge is 0.459 e. The fourth-order valence-corrected chi connectivity index (χ4v) is 4.39. The molecule has 3 unspecified atom stereocenters. The van der Waals surface area contributed by atoms with Gasteiger partial charge in [-0.25, -0.2) is 9.36 Å². The van der Waals surface area contributed by atoms with E-state index in [1.807, 2.05) is 0 Å². The third-order valence-electron chi connectivity index (χ3n) is 4.58. The average molecular weight is 490 g/mol. The number of rotatable bonds is 9. The second kappa shape index (κ2) is 9.53. The van der Waals surface area contributed by atoms with Crippen LogP contribution in [0, 0.1) is 0 Å².